The largest absolute Gasteiger partial charge is 0.496 e. The minimum atomic E-state index is 0.436. The zero-order chi connectivity index (χ0) is 14.9. The molecule has 2 aromatic rings. The Labute approximate surface area is 127 Å². The Morgan fingerprint density at radius 3 is 2.76 bits per heavy atom. The first-order chi connectivity index (χ1) is 10.3. The molecule has 2 rings (SSSR count). The van der Waals surface area contributed by atoms with Crippen LogP contribution in [0.1, 0.15) is 31.1 Å². The molecule has 0 aliphatic heterocycles. The lowest BCUT2D eigenvalue weighted by molar-refractivity contribution is 0.399. The first kappa shape index (κ1) is 15.6. The first-order valence-corrected chi connectivity index (χ1v) is 7.71. The van der Waals surface area contributed by atoms with Crippen LogP contribution in [0.25, 0.3) is 0 Å². The molecule has 1 aromatic carbocycles. The van der Waals surface area contributed by atoms with Crippen molar-refractivity contribution >= 4 is 0 Å². The van der Waals surface area contributed by atoms with Gasteiger partial charge in [-0.05, 0) is 49.6 Å². The molecule has 1 heterocycles. The summed E-state index contributed by atoms with van der Waals surface area (Å²) >= 11 is 0. The lowest BCUT2D eigenvalue weighted by atomic mass is 10.00. The molecule has 0 spiro atoms. The van der Waals surface area contributed by atoms with E-state index in [2.05, 4.69) is 24.4 Å². The summed E-state index contributed by atoms with van der Waals surface area (Å²) in [5, 5.41) is 3.63. The zero-order valence-electron chi connectivity index (χ0n) is 13.0. The summed E-state index contributed by atoms with van der Waals surface area (Å²) < 4.78 is 10.9. The van der Waals surface area contributed by atoms with Gasteiger partial charge in [0.1, 0.15) is 11.5 Å². The number of methoxy groups -OCH3 is 1. The summed E-state index contributed by atoms with van der Waals surface area (Å²) in [5.41, 5.74) is 1.26. The van der Waals surface area contributed by atoms with Crippen LogP contribution in [0.5, 0.6) is 5.75 Å². The maximum atomic E-state index is 5.45. The molecule has 3 nitrogen and oxygen atoms in total. The van der Waals surface area contributed by atoms with E-state index in [-0.39, 0.29) is 0 Å². The second-order valence-electron chi connectivity index (χ2n) is 5.29. The first-order valence-electron chi connectivity index (χ1n) is 7.71. The molecular formula is C18H25NO2. The minimum Gasteiger partial charge on any atom is -0.496 e. The van der Waals surface area contributed by atoms with E-state index in [9.17, 15) is 0 Å². The number of benzene rings is 1. The van der Waals surface area contributed by atoms with Gasteiger partial charge in [-0.1, -0.05) is 25.1 Å². The van der Waals surface area contributed by atoms with Crippen LogP contribution >= 0.6 is 0 Å². The fourth-order valence-electron chi connectivity index (χ4n) is 2.53. The molecular weight excluding hydrogens is 262 g/mol. The Morgan fingerprint density at radius 1 is 1.19 bits per heavy atom. The third-order valence-electron chi connectivity index (χ3n) is 3.66. The van der Waals surface area contributed by atoms with Crippen LogP contribution in [-0.4, -0.2) is 19.7 Å². The van der Waals surface area contributed by atoms with Crippen molar-refractivity contribution in [3.8, 4) is 5.75 Å². The lowest BCUT2D eigenvalue weighted by Gasteiger charge is -2.19. The molecule has 0 bridgehead atoms. The van der Waals surface area contributed by atoms with Gasteiger partial charge >= 0.3 is 0 Å². The standard InChI is InChI=1S/C18H25NO2/c1-3-12-19-16(10-11-17-8-6-13-21-17)14-15-7-4-5-9-18(15)20-2/h4-9,13,16,19H,3,10-12,14H2,1-2H3. The van der Waals surface area contributed by atoms with Gasteiger partial charge in [0.05, 0.1) is 13.4 Å². The number of para-hydroxylation sites is 1. The van der Waals surface area contributed by atoms with Crippen molar-refractivity contribution in [2.45, 2.75) is 38.6 Å². The van der Waals surface area contributed by atoms with E-state index in [0.29, 0.717) is 6.04 Å². The van der Waals surface area contributed by atoms with Crippen LogP contribution in [0.4, 0.5) is 0 Å². The van der Waals surface area contributed by atoms with Gasteiger partial charge in [0.2, 0.25) is 0 Å². The van der Waals surface area contributed by atoms with E-state index in [0.717, 1.165) is 43.7 Å². The Balaban J connectivity index is 1.97. The number of hydrogen-bond donors (Lipinski definition) is 1. The Hall–Kier alpha value is -1.74. The number of ether oxygens (including phenoxy) is 1. The van der Waals surface area contributed by atoms with E-state index < -0.39 is 0 Å². The van der Waals surface area contributed by atoms with Crippen LogP contribution in [0.3, 0.4) is 0 Å². The predicted molar refractivity (Wildman–Crippen MR) is 85.8 cm³/mol. The van der Waals surface area contributed by atoms with Crippen LogP contribution in [0, 0.1) is 0 Å². The molecule has 1 N–H and O–H groups in total. The molecule has 21 heavy (non-hydrogen) atoms. The normalized spacial score (nSPS) is 12.3. The van der Waals surface area contributed by atoms with Crippen molar-refractivity contribution in [3.05, 3.63) is 54.0 Å². The number of furan rings is 1. The van der Waals surface area contributed by atoms with Crippen molar-refractivity contribution in [2.75, 3.05) is 13.7 Å². The average Bonchev–Trinajstić information content (AvgIpc) is 3.04. The van der Waals surface area contributed by atoms with E-state index >= 15 is 0 Å². The van der Waals surface area contributed by atoms with Crippen LogP contribution < -0.4 is 10.1 Å². The van der Waals surface area contributed by atoms with Gasteiger partial charge in [-0.2, -0.15) is 0 Å². The highest BCUT2D eigenvalue weighted by Crippen LogP contribution is 2.20. The van der Waals surface area contributed by atoms with Gasteiger partial charge in [0, 0.05) is 12.5 Å². The van der Waals surface area contributed by atoms with Gasteiger partial charge in [-0.3, -0.25) is 0 Å². The third kappa shape index (κ3) is 4.94. The summed E-state index contributed by atoms with van der Waals surface area (Å²) in [5.74, 6) is 2.03. The molecule has 0 saturated carbocycles. The van der Waals surface area contributed by atoms with Gasteiger partial charge in [0.25, 0.3) is 0 Å². The second kappa shape index (κ2) is 8.53. The smallest absolute Gasteiger partial charge is 0.122 e. The molecule has 3 heteroatoms. The molecule has 0 amide bonds. The van der Waals surface area contributed by atoms with E-state index in [4.69, 9.17) is 9.15 Å². The third-order valence-corrected chi connectivity index (χ3v) is 3.66. The molecule has 0 fully saturated rings. The Morgan fingerprint density at radius 2 is 2.05 bits per heavy atom. The van der Waals surface area contributed by atoms with E-state index in [1.807, 2.05) is 24.3 Å². The van der Waals surface area contributed by atoms with Gasteiger partial charge in [0.15, 0.2) is 0 Å². The second-order valence-corrected chi connectivity index (χ2v) is 5.29. The molecule has 0 radical (unpaired) electrons. The van der Waals surface area contributed by atoms with Crippen molar-refractivity contribution in [1.29, 1.82) is 0 Å². The molecule has 0 aliphatic rings. The maximum Gasteiger partial charge on any atom is 0.122 e. The fraction of sp³-hybridized carbons (Fsp3) is 0.444. The van der Waals surface area contributed by atoms with Gasteiger partial charge < -0.3 is 14.5 Å². The highest BCUT2D eigenvalue weighted by molar-refractivity contribution is 5.33. The lowest BCUT2D eigenvalue weighted by Crippen LogP contribution is -2.32. The van der Waals surface area contributed by atoms with Gasteiger partial charge in [-0.15, -0.1) is 0 Å². The highest BCUT2D eigenvalue weighted by atomic mass is 16.5. The monoisotopic (exact) mass is 287 g/mol. The van der Waals surface area contributed by atoms with Crippen molar-refractivity contribution in [3.63, 3.8) is 0 Å². The molecule has 0 aliphatic carbocycles. The number of nitrogens with one attached hydrogen (secondary N) is 1. The number of hydrogen-bond acceptors (Lipinski definition) is 3. The highest BCUT2D eigenvalue weighted by Gasteiger charge is 2.12. The molecule has 1 aromatic heterocycles. The molecule has 1 atom stereocenters. The topological polar surface area (TPSA) is 34.4 Å². The van der Waals surface area contributed by atoms with E-state index in [1.54, 1.807) is 13.4 Å². The fourth-order valence-corrected chi connectivity index (χ4v) is 2.53. The number of aryl methyl sites for hydroxylation is 1. The van der Waals surface area contributed by atoms with E-state index in [1.165, 1.54) is 5.56 Å². The molecule has 0 saturated heterocycles. The molecule has 114 valence electrons. The summed E-state index contributed by atoms with van der Waals surface area (Å²) in [6.07, 6.45) is 5.88. The zero-order valence-corrected chi connectivity index (χ0v) is 13.0. The van der Waals surface area contributed by atoms with Crippen molar-refractivity contribution in [1.82, 2.24) is 5.32 Å². The minimum absolute atomic E-state index is 0.436. The SMILES string of the molecule is CCCNC(CCc1ccco1)Cc1ccccc1OC. The summed E-state index contributed by atoms with van der Waals surface area (Å²) in [6.45, 7) is 3.23. The molecule has 1 unspecified atom stereocenters. The Kier molecular flexibility index (Phi) is 6.35. The van der Waals surface area contributed by atoms with Crippen LogP contribution in [0.15, 0.2) is 47.1 Å². The summed E-state index contributed by atoms with van der Waals surface area (Å²) in [6, 6.07) is 12.7. The predicted octanol–water partition coefficient (Wildman–Crippen LogP) is 3.83. The van der Waals surface area contributed by atoms with Gasteiger partial charge in [-0.25, -0.2) is 0 Å². The van der Waals surface area contributed by atoms with Crippen molar-refractivity contribution < 1.29 is 9.15 Å². The quantitative estimate of drug-likeness (QED) is 0.761. The maximum absolute atomic E-state index is 5.45. The number of rotatable bonds is 9. The van der Waals surface area contributed by atoms with Crippen LogP contribution in [0.2, 0.25) is 0 Å². The summed E-state index contributed by atoms with van der Waals surface area (Å²) in [7, 11) is 1.73. The Bertz CT molecular complexity index is 508. The average molecular weight is 287 g/mol. The van der Waals surface area contributed by atoms with Crippen molar-refractivity contribution in [2.24, 2.45) is 0 Å². The summed E-state index contributed by atoms with van der Waals surface area (Å²) in [4.78, 5) is 0. The van der Waals surface area contributed by atoms with Crippen LogP contribution in [-0.2, 0) is 12.8 Å².